The molecule has 0 aliphatic carbocycles. The number of nitrogens with two attached hydrogens (primary N) is 1. The summed E-state index contributed by atoms with van der Waals surface area (Å²) in [6.07, 6.45) is 0.944. The molecular weight excluding hydrogens is 164 g/mol. The highest BCUT2D eigenvalue weighted by atomic mass is 16.3. The van der Waals surface area contributed by atoms with Crippen LogP contribution in [0.15, 0.2) is 18.2 Å². The van der Waals surface area contributed by atoms with E-state index in [2.05, 4.69) is 5.32 Å². The fraction of sp³-hybridized carbons (Fsp3) is 0.400. The summed E-state index contributed by atoms with van der Waals surface area (Å²) in [7, 11) is 0. The van der Waals surface area contributed by atoms with E-state index < -0.39 is 0 Å². The van der Waals surface area contributed by atoms with Gasteiger partial charge in [-0.3, -0.25) is 0 Å². The van der Waals surface area contributed by atoms with E-state index in [1.54, 1.807) is 0 Å². The molecule has 0 saturated heterocycles. The molecule has 4 N–H and O–H groups in total. The van der Waals surface area contributed by atoms with Crippen molar-refractivity contribution in [3.8, 4) is 0 Å². The summed E-state index contributed by atoms with van der Waals surface area (Å²) in [6, 6.07) is 5.88. The van der Waals surface area contributed by atoms with Gasteiger partial charge < -0.3 is 16.2 Å². The maximum Gasteiger partial charge on any atom is 0.0479 e. The predicted octanol–water partition coefficient (Wildman–Crippen LogP) is 0.845. The van der Waals surface area contributed by atoms with Gasteiger partial charge in [-0.15, -0.1) is 0 Å². The number of nitrogen functional groups attached to an aromatic ring is 1. The van der Waals surface area contributed by atoms with Gasteiger partial charge in [0, 0.05) is 30.4 Å². The van der Waals surface area contributed by atoms with Crippen molar-refractivity contribution in [3.63, 3.8) is 0 Å². The van der Waals surface area contributed by atoms with Crippen LogP contribution in [0.4, 0.5) is 11.4 Å². The first kappa shape index (κ1) is 8.38. The van der Waals surface area contributed by atoms with Crippen LogP contribution in [-0.2, 0) is 6.42 Å². The third-order valence-electron chi connectivity index (χ3n) is 2.48. The Labute approximate surface area is 77.6 Å². The smallest absolute Gasteiger partial charge is 0.0479 e. The van der Waals surface area contributed by atoms with Gasteiger partial charge in [-0.25, -0.2) is 0 Å². The zero-order chi connectivity index (χ0) is 9.26. The van der Waals surface area contributed by atoms with E-state index in [-0.39, 0.29) is 6.61 Å². The van der Waals surface area contributed by atoms with Gasteiger partial charge >= 0.3 is 0 Å². The zero-order valence-corrected chi connectivity index (χ0v) is 7.46. The van der Waals surface area contributed by atoms with Crippen molar-refractivity contribution >= 4 is 11.4 Å². The van der Waals surface area contributed by atoms with Crippen LogP contribution in [0.2, 0.25) is 0 Å². The van der Waals surface area contributed by atoms with Gasteiger partial charge in [0.1, 0.15) is 0 Å². The van der Waals surface area contributed by atoms with Crippen LogP contribution < -0.4 is 11.1 Å². The second-order valence-corrected chi connectivity index (χ2v) is 3.55. The lowest BCUT2D eigenvalue weighted by Gasteiger charge is -2.24. The molecule has 1 aliphatic heterocycles. The Kier molecular flexibility index (Phi) is 2.10. The molecule has 2 rings (SSSR count). The summed E-state index contributed by atoms with van der Waals surface area (Å²) in [4.78, 5) is 0. The fourth-order valence-corrected chi connectivity index (χ4v) is 1.70. The third-order valence-corrected chi connectivity index (χ3v) is 2.48. The lowest BCUT2D eigenvalue weighted by atomic mass is 9.94. The Morgan fingerprint density at radius 2 is 2.38 bits per heavy atom. The molecule has 0 saturated carbocycles. The lowest BCUT2D eigenvalue weighted by molar-refractivity contribution is 0.230. The van der Waals surface area contributed by atoms with Gasteiger partial charge in [-0.2, -0.15) is 0 Å². The molecule has 0 unspecified atom stereocenters. The first-order valence-corrected chi connectivity index (χ1v) is 4.52. The van der Waals surface area contributed by atoms with Crippen molar-refractivity contribution in [1.82, 2.24) is 0 Å². The SMILES string of the molecule is Nc1ccc2c(c1)NC[C@@H](CO)C2. The molecule has 0 aromatic heterocycles. The lowest BCUT2D eigenvalue weighted by Crippen LogP contribution is -2.25. The van der Waals surface area contributed by atoms with E-state index in [1.807, 2.05) is 18.2 Å². The normalized spacial score (nSPS) is 20.5. The van der Waals surface area contributed by atoms with Crippen LogP contribution in [0, 0.1) is 5.92 Å². The molecule has 0 radical (unpaired) electrons. The Balaban J connectivity index is 2.26. The molecule has 0 spiro atoms. The molecule has 0 fully saturated rings. The topological polar surface area (TPSA) is 58.3 Å². The van der Waals surface area contributed by atoms with Crippen LogP contribution in [0.1, 0.15) is 5.56 Å². The van der Waals surface area contributed by atoms with Crippen molar-refractivity contribution in [2.24, 2.45) is 5.92 Å². The number of hydrogen-bond donors (Lipinski definition) is 3. The molecule has 3 heteroatoms. The van der Waals surface area contributed by atoms with Crippen molar-refractivity contribution in [2.45, 2.75) is 6.42 Å². The molecule has 1 aromatic carbocycles. The van der Waals surface area contributed by atoms with Crippen molar-refractivity contribution in [1.29, 1.82) is 0 Å². The summed E-state index contributed by atoms with van der Waals surface area (Å²) >= 11 is 0. The molecule has 70 valence electrons. The van der Waals surface area contributed by atoms with E-state index in [1.165, 1.54) is 5.56 Å². The average molecular weight is 178 g/mol. The molecule has 13 heavy (non-hydrogen) atoms. The standard InChI is InChI=1S/C10H14N2O/c11-9-2-1-8-3-7(6-13)5-12-10(8)4-9/h1-2,4,7,12-13H,3,5-6,11H2/t7-/m0/s1. The van der Waals surface area contributed by atoms with E-state index in [9.17, 15) is 0 Å². The summed E-state index contributed by atoms with van der Waals surface area (Å²) in [5.74, 6) is 0.344. The van der Waals surface area contributed by atoms with Crippen LogP contribution in [0.3, 0.4) is 0 Å². The van der Waals surface area contributed by atoms with Gasteiger partial charge in [-0.1, -0.05) is 6.07 Å². The second-order valence-electron chi connectivity index (χ2n) is 3.55. The molecule has 1 aliphatic rings. The van der Waals surface area contributed by atoms with E-state index in [0.29, 0.717) is 5.92 Å². The molecular formula is C10H14N2O. The van der Waals surface area contributed by atoms with Crippen LogP contribution in [0.5, 0.6) is 0 Å². The monoisotopic (exact) mass is 178 g/mol. The van der Waals surface area contributed by atoms with Gasteiger partial charge in [0.15, 0.2) is 0 Å². The number of anilines is 2. The average Bonchev–Trinajstić information content (AvgIpc) is 2.17. The molecule has 0 amide bonds. The predicted molar refractivity (Wildman–Crippen MR) is 53.6 cm³/mol. The first-order chi connectivity index (χ1) is 6.29. The Morgan fingerprint density at radius 1 is 1.54 bits per heavy atom. The fourth-order valence-electron chi connectivity index (χ4n) is 1.70. The highest BCUT2D eigenvalue weighted by Crippen LogP contribution is 2.26. The summed E-state index contributed by atoms with van der Waals surface area (Å²) in [5, 5.41) is 12.3. The van der Waals surface area contributed by atoms with Crippen molar-refractivity contribution < 1.29 is 5.11 Å². The van der Waals surface area contributed by atoms with Gasteiger partial charge in [0.05, 0.1) is 0 Å². The number of aliphatic hydroxyl groups excluding tert-OH is 1. The zero-order valence-electron chi connectivity index (χ0n) is 7.46. The minimum absolute atomic E-state index is 0.247. The number of rotatable bonds is 1. The largest absolute Gasteiger partial charge is 0.399 e. The maximum atomic E-state index is 9.01. The molecule has 3 nitrogen and oxygen atoms in total. The number of benzene rings is 1. The van der Waals surface area contributed by atoms with Crippen molar-refractivity contribution in [2.75, 3.05) is 24.2 Å². The minimum Gasteiger partial charge on any atom is -0.399 e. The van der Waals surface area contributed by atoms with Crippen LogP contribution >= 0.6 is 0 Å². The van der Waals surface area contributed by atoms with Gasteiger partial charge in [0.2, 0.25) is 0 Å². The van der Waals surface area contributed by atoms with Crippen molar-refractivity contribution in [3.05, 3.63) is 23.8 Å². The third kappa shape index (κ3) is 1.60. The van der Waals surface area contributed by atoms with E-state index in [4.69, 9.17) is 10.8 Å². The van der Waals surface area contributed by atoms with E-state index >= 15 is 0 Å². The summed E-state index contributed by atoms with van der Waals surface area (Å²) in [5.41, 5.74) is 8.81. The van der Waals surface area contributed by atoms with Crippen LogP contribution in [0.25, 0.3) is 0 Å². The number of fused-ring (bicyclic) bond motifs is 1. The minimum atomic E-state index is 0.247. The second kappa shape index (κ2) is 3.26. The Morgan fingerprint density at radius 3 is 3.15 bits per heavy atom. The highest BCUT2D eigenvalue weighted by Gasteiger charge is 2.16. The molecule has 1 atom stereocenters. The maximum absolute atomic E-state index is 9.01. The van der Waals surface area contributed by atoms with Gasteiger partial charge in [-0.05, 0) is 24.1 Å². The van der Waals surface area contributed by atoms with E-state index in [0.717, 1.165) is 24.3 Å². The number of nitrogens with one attached hydrogen (secondary N) is 1. The summed E-state index contributed by atoms with van der Waals surface area (Å²) < 4.78 is 0. The number of hydrogen-bond acceptors (Lipinski definition) is 3. The number of aliphatic hydroxyl groups is 1. The molecule has 1 aromatic rings. The first-order valence-electron chi connectivity index (χ1n) is 4.52. The molecule has 0 bridgehead atoms. The highest BCUT2D eigenvalue weighted by molar-refractivity contribution is 5.60. The Bertz CT molecular complexity index is 312. The quantitative estimate of drug-likeness (QED) is 0.559. The molecule has 1 heterocycles. The van der Waals surface area contributed by atoms with Gasteiger partial charge in [0.25, 0.3) is 0 Å². The Hall–Kier alpha value is -1.22. The van der Waals surface area contributed by atoms with Crippen LogP contribution in [-0.4, -0.2) is 18.3 Å². The summed E-state index contributed by atoms with van der Waals surface area (Å²) in [6.45, 7) is 1.09.